The molecule has 2 aromatic carbocycles. The summed E-state index contributed by atoms with van der Waals surface area (Å²) in [6, 6.07) is 18.3. The summed E-state index contributed by atoms with van der Waals surface area (Å²) in [5.41, 5.74) is 4.85. The Bertz CT molecular complexity index is 934. The van der Waals surface area contributed by atoms with Crippen molar-refractivity contribution in [2.45, 2.75) is 25.7 Å². The van der Waals surface area contributed by atoms with Gasteiger partial charge in [0.25, 0.3) is 10.0 Å². The Labute approximate surface area is 142 Å². The van der Waals surface area contributed by atoms with Crippen LogP contribution in [-0.4, -0.2) is 13.0 Å². The predicted molar refractivity (Wildman–Crippen MR) is 97.2 cm³/mol. The largest absolute Gasteiger partial charge is 0.319 e. The second-order valence-corrected chi connectivity index (χ2v) is 7.60. The summed E-state index contributed by atoms with van der Waals surface area (Å²) in [6.45, 7) is 6.01. The van der Waals surface area contributed by atoms with Crippen LogP contribution in [0.1, 0.15) is 17.0 Å². The minimum Gasteiger partial charge on any atom is -0.319 e. The molecule has 0 amide bonds. The molecule has 0 aliphatic carbocycles. The standard InChI is InChI=1S/C19H20N2O2S/c1-14-4-12-19(13-5-14)24(22,23)20-17-8-10-18(11-9-17)21-15(2)6-7-16(21)3/h4-13,20H,1-3H3. The van der Waals surface area contributed by atoms with Crippen molar-refractivity contribution in [2.75, 3.05) is 4.72 Å². The first-order valence-corrected chi connectivity index (χ1v) is 9.20. The van der Waals surface area contributed by atoms with Crippen LogP contribution in [0, 0.1) is 20.8 Å². The molecule has 0 radical (unpaired) electrons. The molecule has 0 aliphatic rings. The molecule has 0 fully saturated rings. The van der Waals surface area contributed by atoms with Gasteiger partial charge in [0.2, 0.25) is 0 Å². The highest BCUT2D eigenvalue weighted by Gasteiger charge is 2.14. The molecule has 0 bridgehead atoms. The van der Waals surface area contributed by atoms with E-state index >= 15 is 0 Å². The summed E-state index contributed by atoms with van der Waals surface area (Å²) in [7, 11) is -3.57. The maximum absolute atomic E-state index is 12.4. The van der Waals surface area contributed by atoms with Crippen molar-refractivity contribution < 1.29 is 8.42 Å². The van der Waals surface area contributed by atoms with Crippen molar-refractivity contribution in [1.82, 2.24) is 4.57 Å². The number of anilines is 1. The third kappa shape index (κ3) is 3.21. The fourth-order valence-corrected chi connectivity index (χ4v) is 3.74. The molecule has 24 heavy (non-hydrogen) atoms. The fraction of sp³-hybridized carbons (Fsp3) is 0.158. The Morgan fingerprint density at radius 1 is 0.750 bits per heavy atom. The SMILES string of the molecule is Cc1ccc(S(=O)(=O)Nc2ccc(-n3c(C)ccc3C)cc2)cc1. The third-order valence-electron chi connectivity index (χ3n) is 3.98. The van der Waals surface area contributed by atoms with Gasteiger partial charge in [0.1, 0.15) is 0 Å². The van der Waals surface area contributed by atoms with Crippen LogP contribution in [0.5, 0.6) is 0 Å². The highest BCUT2D eigenvalue weighted by molar-refractivity contribution is 7.92. The average molecular weight is 340 g/mol. The van der Waals surface area contributed by atoms with E-state index in [2.05, 4.69) is 21.4 Å². The van der Waals surface area contributed by atoms with E-state index in [1.165, 1.54) is 0 Å². The molecule has 1 aromatic heterocycles. The maximum Gasteiger partial charge on any atom is 0.261 e. The van der Waals surface area contributed by atoms with Crippen LogP contribution >= 0.6 is 0 Å². The summed E-state index contributed by atoms with van der Waals surface area (Å²) >= 11 is 0. The summed E-state index contributed by atoms with van der Waals surface area (Å²) < 4.78 is 29.6. The van der Waals surface area contributed by atoms with Crippen LogP contribution in [0.25, 0.3) is 5.69 Å². The van der Waals surface area contributed by atoms with Gasteiger partial charge in [-0.1, -0.05) is 17.7 Å². The molecule has 3 aromatic rings. The van der Waals surface area contributed by atoms with Crippen molar-refractivity contribution >= 4 is 15.7 Å². The van der Waals surface area contributed by atoms with Crippen molar-refractivity contribution in [2.24, 2.45) is 0 Å². The molecule has 1 N–H and O–H groups in total. The first-order valence-electron chi connectivity index (χ1n) is 7.72. The van der Waals surface area contributed by atoms with Crippen LogP contribution in [0.2, 0.25) is 0 Å². The first kappa shape index (κ1) is 16.3. The van der Waals surface area contributed by atoms with Crippen LogP contribution in [0.3, 0.4) is 0 Å². The van der Waals surface area contributed by atoms with Gasteiger partial charge < -0.3 is 4.57 Å². The van der Waals surface area contributed by atoms with E-state index in [0.717, 1.165) is 22.6 Å². The molecule has 0 spiro atoms. The molecule has 1 heterocycles. The van der Waals surface area contributed by atoms with Crippen molar-refractivity contribution in [1.29, 1.82) is 0 Å². The van der Waals surface area contributed by atoms with Gasteiger partial charge in [-0.05, 0) is 69.3 Å². The highest BCUT2D eigenvalue weighted by atomic mass is 32.2. The molecule has 0 unspecified atom stereocenters. The number of sulfonamides is 1. The van der Waals surface area contributed by atoms with Crippen molar-refractivity contribution in [3.05, 3.63) is 77.6 Å². The number of benzene rings is 2. The van der Waals surface area contributed by atoms with Crippen LogP contribution in [0.15, 0.2) is 65.6 Å². The lowest BCUT2D eigenvalue weighted by Crippen LogP contribution is -2.13. The van der Waals surface area contributed by atoms with Crippen LogP contribution < -0.4 is 4.72 Å². The second kappa shape index (κ2) is 6.17. The Morgan fingerprint density at radius 2 is 1.29 bits per heavy atom. The van der Waals surface area contributed by atoms with E-state index in [1.807, 2.05) is 32.9 Å². The van der Waals surface area contributed by atoms with Crippen molar-refractivity contribution in [3.8, 4) is 5.69 Å². The topological polar surface area (TPSA) is 51.1 Å². The monoisotopic (exact) mass is 340 g/mol. The van der Waals surface area contributed by atoms with Gasteiger partial charge >= 0.3 is 0 Å². The highest BCUT2D eigenvalue weighted by Crippen LogP contribution is 2.21. The number of hydrogen-bond acceptors (Lipinski definition) is 2. The maximum atomic E-state index is 12.4. The summed E-state index contributed by atoms with van der Waals surface area (Å²) in [5, 5.41) is 0. The van der Waals surface area contributed by atoms with Gasteiger partial charge in [-0.2, -0.15) is 0 Å². The first-order chi connectivity index (χ1) is 11.4. The van der Waals surface area contributed by atoms with Gasteiger partial charge in [0.15, 0.2) is 0 Å². The number of rotatable bonds is 4. The second-order valence-electron chi connectivity index (χ2n) is 5.92. The number of aryl methyl sites for hydroxylation is 3. The molecule has 3 rings (SSSR count). The third-order valence-corrected chi connectivity index (χ3v) is 5.38. The molecule has 5 heteroatoms. The summed E-state index contributed by atoms with van der Waals surface area (Å²) in [5.74, 6) is 0. The van der Waals surface area contributed by atoms with Gasteiger partial charge in [0, 0.05) is 22.8 Å². The van der Waals surface area contributed by atoms with Gasteiger partial charge in [0.05, 0.1) is 4.90 Å². The predicted octanol–water partition coefficient (Wildman–Crippen LogP) is 4.20. The Kier molecular flexibility index (Phi) is 4.20. The number of nitrogens with zero attached hydrogens (tertiary/aromatic N) is 1. The quantitative estimate of drug-likeness (QED) is 0.774. The number of nitrogens with one attached hydrogen (secondary N) is 1. The normalized spacial score (nSPS) is 11.5. The zero-order valence-corrected chi connectivity index (χ0v) is 14.8. The van der Waals surface area contributed by atoms with Gasteiger partial charge in [-0.3, -0.25) is 4.72 Å². The lowest BCUT2D eigenvalue weighted by Gasteiger charge is -2.12. The summed E-state index contributed by atoms with van der Waals surface area (Å²) in [6.07, 6.45) is 0. The van der Waals surface area contributed by atoms with Crippen LogP contribution in [-0.2, 0) is 10.0 Å². The molecular formula is C19H20N2O2S. The average Bonchev–Trinajstić information content (AvgIpc) is 2.87. The van der Waals surface area contributed by atoms with E-state index in [1.54, 1.807) is 36.4 Å². The van der Waals surface area contributed by atoms with Gasteiger partial charge in [-0.15, -0.1) is 0 Å². The summed E-state index contributed by atoms with van der Waals surface area (Å²) in [4.78, 5) is 0.259. The van der Waals surface area contributed by atoms with E-state index in [9.17, 15) is 8.42 Å². The number of hydrogen-bond donors (Lipinski definition) is 1. The minimum atomic E-state index is -3.57. The van der Waals surface area contributed by atoms with E-state index in [-0.39, 0.29) is 4.90 Å². The Balaban J connectivity index is 1.85. The molecule has 0 saturated heterocycles. The molecule has 124 valence electrons. The van der Waals surface area contributed by atoms with Gasteiger partial charge in [-0.25, -0.2) is 8.42 Å². The lowest BCUT2D eigenvalue weighted by atomic mass is 10.2. The zero-order chi connectivity index (χ0) is 17.3. The van der Waals surface area contributed by atoms with E-state index in [4.69, 9.17) is 0 Å². The molecule has 0 atom stereocenters. The molecule has 0 aliphatic heterocycles. The van der Waals surface area contributed by atoms with Crippen molar-refractivity contribution in [3.63, 3.8) is 0 Å². The lowest BCUT2D eigenvalue weighted by molar-refractivity contribution is 0.601. The van der Waals surface area contributed by atoms with E-state index < -0.39 is 10.0 Å². The minimum absolute atomic E-state index is 0.259. The molecule has 4 nitrogen and oxygen atoms in total. The van der Waals surface area contributed by atoms with Crippen LogP contribution in [0.4, 0.5) is 5.69 Å². The molecule has 0 saturated carbocycles. The smallest absolute Gasteiger partial charge is 0.261 e. The Hall–Kier alpha value is -2.53. The number of aromatic nitrogens is 1. The fourth-order valence-electron chi connectivity index (χ4n) is 2.69. The van der Waals surface area contributed by atoms with E-state index in [0.29, 0.717) is 5.69 Å². The molecular weight excluding hydrogens is 320 g/mol. The zero-order valence-electron chi connectivity index (χ0n) is 13.9. The Morgan fingerprint density at radius 3 is 1.83 bits per heavy atom.